The molecule has 7 atom stereocenters. The number of esters is 1. The Hall–Kier alpha value is -3.17. The Bertz CT molecular complexity index is 1530. The molecule has 0 aromatic heterocycles. The van der Waals surface area contributed by atoms with E-state index in [-0.39, 0.29) is 77.3 Å². The number of fused-ring (bicyclic) bond motifs is 5. The number of ketones is 3. The van der Waals surface area contributed by atoms with Crippen LogP contribution in [-0.2, 0) is 38.9 Å². The minimum absolute atomic E-state index is 0.0206. The molecular formula is C40H53NO8. The first-order chi connectivity index (χ1) is 23.1. The van der Waals surface area contributed by atoms with E-state index < -0.39 is 29.4 Å². The maximum atomic E-state index is 13.9. The van der Waals surface area contributed by atoms with Gasteiger partial charge in [-0.05, 0) is 94.1 Å². The number of ether oxygens (including phenoxy) is 2. The smallest absolute Gasteiger partial charge is 0.306 e. The Labute approximate surface area is 289 Å². The number of Topliss-reactive ketones (excluding diaryl/α,β-unsaturated/α-hetero) is 2. The summed E-state index contributed by atoms with van der Waals surface area (Å²) in [5, 5.41) is 14.9. The lowest BCUT2D eigenvalue weighted by atomic mass is 9.46. The van der Waals surface area contributed by atoms with Crippen molar-refractivity contribution < 1.29 is 38.6 Å². The van der Waals surface area contributed by atoms with Crippen LogP contribution in [-0.4, -0.2) is 65.3 Å². The summed E-state index contributed by atoms with van der Waals surface area (Å²) in [6.45, 7) is 8.67. The predicted octanol–water partition coefficient (Wildman–Crippen LogP) is 5.35. The number of aliphatic hydroxyl groups is 1. The van der Waals surface area contributed by atoms with E-state index >= 15 is 0 Å². The van der Waals surface area contributed by atoms with Gasteiger partial charge in [0.1, 0.15) is 11.4 Å². The zero-order valence-electron chi connectivity index (χ0n) is 29.6. The van der Waals surface area contributed by atoms with Gasteiger partial charge in [0, 0.05) is 49.2 Å². The zero-order chi connectivity index (χ0) is 35.2. The molecule has 0 unspecified atom stereocenters. The fraction of sp³-hybridized carbons (Fsp3) is 0.675. The van der Waals surface area contributed by atoms with Crippen molar-refractivity contribution in [3.05, 3.63) is 47.5 Å². The fourth-order valence-corrected chi connectivity index (χ4v) is 10.8. The zero-order valence-corrected chi connectivity index (χ0v) is 29.6. The number of carbonyl (C=O) groups is 5. The fourth-order valence-electron chi connectivity index (χ4n) is 10.8. The first kappa shape index (κ1) is 35.6. The topological polar surface area (TPSA) is 136 Å². The molecule has 1 amide bonds. The summed E-state index contributed by atoms with van der Waals surface area (Å²) in [6, 6.07) is 10.3. The van der Waals surface area contributed by atoms with Gasteiger partial charge in [-0.3, -0.25) is 24.0 Å². The SMILES string of the molecule is CC1(C)C[C@](CCNC(=O)CCC(=O)OCC(=O)[C@@]2(O)CC[C@@H]3[C@@H]4CCC5=CC(=O)CC[C@]5(C)[C@H]4C(=O)C[C@@]32C)(c2ccccc2)CCO1. The molecule has 1 saturated heterocycles. The second-order valence-corrected chi connectivity index (χ2v) is 16.7. The number of hydrogen-bond acceptors (Lipinski definition) is 8. The molecule has 1 aliphatic heterocycles. The van der Waals surface area contributed by atoms with Gasteiger partial charge in [0.25, 0.3) is 0 Å². The summed E-state index contributed by atoms with van der Waals surface area (Å²) in [6.07, 6.45) is 7.47. The molecule has 5 aliphatic rings. The van der Waals surface area contributed by atoms with Gasteiger partial charge >= 0.3 is 5.97 Å². The Morgan fingerprint density at radius 1 is 0.980 bits per heavy atom. The minimum atomic E-state index is -1.77. The van der Waals surface area contributed by atoms with E-state index in [9.17, 15) is 29.1 Å². The molecule has 3 saturated carbocycles. The molecule has 0 bridgehead atoms. The highest BCUT2D eigenvalue weighted by Gasteiger charge is 2.68. The van der Waals surface area contributed by atoms with Crippen LogP contribution in [0.4, 0.5) is 0 Å². The van der Waals surface area contributed by atoms with E-state index in [0.29, 0.717) is 32.4 Å². The molecule has 4 fully saturated rings. The standard InChI is InChI=1S/C40H53NO8/c1-36(2)25-39(19-21-49-36,26-8-6-5-7-9-26)18-20-41-33(45)12-13-34(46)48-24-32(44)40(47)17-15-30-29-11-10-27-22-28(42)14-16-37(27,3)35(29)31(43)23-38(30,40)4/h5-9,22,29-30,35,47H,10-21,23-25H2,1-4H3,(H,41,45)/t29-,30+,35+,37-,38-,39+,40-/m0/s1. The molecule has 0 radical (unpaired) electrons. The second kappa shape index (κ2) is 13.2. The van der Waals surface area contributed by atoms with Crippen molar-refractivity contribution in [2.24, 2.45) is 28.6 Å². The van der Waals surface area contributed by atoms with E-state index in [1.165, 1.54) is 5.56 Å². The van der Waals surface area contributed by atoms with Crippen LogP contribution in [0.1, 0.15) is 110 Å². The lowest BCUT2D eigenvalue weighted by molar-refractivity contribution is -0.173. The molecule has 6 rings (SSSR count). The molecule has 9 nitrogen and oxygen atoms in total. The highest BCUT2D eigenvalue weighted by molar-refractivity contribution is 5.95. The second-order valence-electron chi connectivity index (χ2n) is 16.7. The monoisotopic (exact) mass is 675 g/mol. The number of nitrogens with one attached hydrogen (secondary N) is 1. The minimum Gasteiger partial charge on any atom is -0.458 e. The summed E-state index contributed by atoms with van der Waals surface area (Å²) >= 11 is 0. The van der Waals surface area contributed by atoms with Crippen LogP contribution in [0.2, 0.25) is 0 Å². The summed E-state index contributed by atoms with van der Waals surface area (Å²) in [7, 11) is 0. The number of amides is 1. The highest BCUT2D eigenvalue weighted by Crippen LogP contribution is 2.66. The summed E-state index contributed by atoms with van der Waals surface area (Å²) < 4.78 is 11.3. The number of hydrogen-bond donors (Lipinski definition) is 2. The summed E-state index contributed by atoms with van der Waals surface area (Å²) in [5.74, 6) is -1.55. The summed E-state index contributed by atoms with van der Waals surface area (Å²) in [4.78, 5) is 65.0. The quantitative estimate of drug-likeness (QED) is 0.317. The number of rotatable bonds is 10. The average molecular weight is 676 g/mol. The van der Waals surface area contributed by atoms with Crippen molar-refractivity contribution in [1.82, 2.24) is 5.32 Å². The molecule has 49 heavy (non-hydrogen) atoms. The normalized spacial score (nSPS) is 36.5. The van der Waals surface area contributed by atoms with Crippen molar-refractivity contribution in [3.63, 3.8) is 0 Å². The lowest BCUT2D eigenvalue weighted by Gasteiger charge is -2.57. The predicted molar refractivity (Wildman–Crippen MR) is 182 cm³/mol. The molecule has 4 aliphatic carbocycles. The van der Waals surface area contributed by atoms with Gasteiger partial charge in [-0.1, -0.05) is 49.8 Å². The van der Waals surface area contributed by atoms with Crippen LogP contribution >= 0.6 is 0 Å². The maximum absolute atomic E-state index is 13.9. The Morgan fingerprint density at radius 2 is 1.73 bits per heavy atom. The van der Waals surface area contributed by atoms with Crippen molar-refractivity contribution >= 4 is 29.2 Å². The average Bonchev–Trinajstić information content (AvgIpc) is 3.33. The van der Waals surface area contributed by atoms with Crippen LogP contribution in [0.25, 0.3) is 0 Å². The molecular weight excluding hydrogens is 622 g/mol. The third-order valence-corrected chi connectivity index (χ3v) is 13.3. The maximum Gasteiger partial charge on any atom is 0.306 e. The van der Waals surface area contributed by atoms with Gasteiger partial charge in [-0.25, -0.2) is 0 Å². The van der Waals surface area contributed by atoms with Crippen LogP contribution < -0.4 is 5.32 Å². The van der Waals surface area contributed by atoms with Crippen molar-refractivity contribution in [2.45, 2.75) is 121 Å². The molecule has 0 spiro atoms. The van der Waals surface area contributed by atoms with E-state index in [2.05, 4.69) is 38.2 Å². The van der Waals surface area contributed by atoms with Gasteiger partial charge in [0.2, 0.25) is 11.7 Å². The van der Waals surface area contributed by atoms with E-state index in [1.54, 1.807) is 6.08 Å². The number of carbonyl (C=O) groups excluding carboxylic acids is 5. The van der Waals surface area contributed by atoms with E-state index in [0.717, 1.165) is 37.7 Å². The van der Waals surface area contributed by atoms with E-state index in [1.807, 2.05) is 25.1 Å². The van der Waals surface area contributed by atoms with Gasteiger partial charge < -0.3 is 19.9 Å². The van der Waals surface area contributed by atoms with Gasteiger partial charge in [0.05, 0.1) is 12.0 Å². The van der Waals surface area contributed by atoms with Crippen molar-refractivity contribution in [2.75, 3.05) is 19.8 Å². The third kappa shape index (κ3) is 6.46. The van der Waals surface area contributed by atoms with Crippen LogP contribution in [0.15, 0.2) is 42.0 Å². The van der Waals surface area contributed by atoms with Crippen molar-refractivity contribution in [3.8, 4) is 0 Å². The molecule has 2 N–H and O–H groups in total. The first-order valence-electron chi connectivity index (χ1n) is 18.3. The van der Waals surface area contributed by atoms with Gasteiger partial charge in [-0.2, -0.15) is 0 Å². The molecule has 1 aromatic rings. The molecule has 1 heterocycles. The van der Waals surface area contributed by atoms with Gasteiger partial charge in [-0.15, -0.1) is 0 Å². The van der Waals surface area contributed by atoms with E-state index in [4.69, 9.17) is 9.47 Å². The third-order valence-electron chi connectivity index (χ3n) is 13.3. The lowest BCUT2D eigenvalue weighted by Crippen LogP contribution is -2.61. The Balaban J connectivity index is 1.00. The van der Waals surface area contributed by atoms with Gasteiger partial charge in [0.15, 0.2) is 12.4 Å². The van der Waals surface area contributed by atoms with Crippen LogP contribution in [0.3, 0.4) is 0 Å². The Morgan fingerprint density at radius 3 is 2.47 bits per heavy atom. The highest BCUT2D eigenvalue weighted by atomic mass is 16.5. The Kier molecular flexibility index (Phi) is 9.59. The van der Waals surface area contributed by atoms with Crippen molar-refractivity contribution in [1.29, 1.82) is 0 Å². The first-order valence-corrected chi connectivity index (χ1v) is 18.3. The van der Waals surface area contributed by atoms with Crippen LogP contribution in [0.5, 0.6) is 0 Å². The molecule has 9 heteroatoms. The number of allylic oxidation sites excluding steroid dienone is 1. The largest absolute Gasteiger partial charge is 0.458 e. The number of benzene rings is 1. The molecule has 1 aromatic carbocycles. The summed E-state index contributed by atoms with van der Waals surface area (Å²) in [5.41, 5.74) is -1.17. The molecule has 266 valence electrons. The van der Waals surface area contributed by atoms with Crippen LogP contribution in [0, 0.1) is 28.6 Å².